The number of piperazine rings is 1. The van der Waals surface area contributed by atoms with Crippen molar-refractivity contribution in [3.63, 3.8) is 0 Å². The van der Waals surface area contributed by atoms with Crippen LogP contribution in [0.25, 0.3) is 10.9 Å². The number of fused-ring (bicyclic) bond motifs is 8. The Hall–Kier alpha value is -4.15. The first-order chi connectivity index (χ1) is 25.8. The molecule has 4 aliphatic carbocycles. The number of nitrogens with zero attached hydrogens (tertiary/aromatic N) is 3. The average molecular weight is 733 g/mol. The molecule has 8 aliphatic rings. The van der Waals surface area contributed by atoms with Crippen LogP contribution in [0.2, 0.25) is 0 Å². The zero-order chi connectivity index (χ0) is 36.0. The number of methoxy groups -OCH3 is 1. The van der Waals surface area contributed by atoms with Crippen molar-refractivity contribution in [1.82, 2.24) is 19.1 Å². The van der Waals surface area contributed by atoms with E-state index in [1.807, 2.05) is 6.07 Å². The van der Waals surface area contributed by atoms with E-state index in [1.54, 1.807) is 7.11 Å². The number of rotatable bonds is 8. The molecular formula is C43H48N4O5S. The molecule has 4 aliphatic heterocycles. The summed E-state index contributed by atoms with van der Waals surface area (Å²) in [6.07, 6.45) is 13.8. The Labute approximate surface area is 311 Å². The molecule has 3 saturated heterocycles. The van der Waals surface area contributed by atoms with Crippen molar-refractivity contribution in [3.05, 3.63) is 99.8 Å². The summed E-state index contributed by atoms with van der Waals surface area (Å²) in [6, 6.07) is 17.5. The van der Waals surface area contributed by atoms with Gasteiger partial charge < -0.3 is 14.2 Å². The van der Waals surface area contributed by atoms with Gasteiger partial charge in [0.05, 0.1) is 29.4 Å². The molecule has 3 aromatic rings. The maximum atomic E-state index is 15.0. The second-order valence-electron chi connectivity index (χ2n) is 16.5. The van der Waals surface area contributed by atoms with E-state index in [0.717, 1.165) is 84.4 Å². The summed E-state index contributed by atoms with van der Waals surface area (Å²) in [6.45, 7) is 3.09. The number of hydrogen-bond acceptors (Lipinski definition) is 6. The quantitative estimate of drug-likeness (QED) is 0.286. The van der Waals surface area contributed by atoms with Crippen molar-refractivity contribution in [2.45, 2.75) is 106 Å². The van der Waals surface area contributed by atoms with Gasteiger partial charge >= 0.3 is 0 Å². The highest BCUT2D eigenvalue weighted by atomic mass is 32.2. The molecule has 1 N–H and O–H groups in total. The largest absolute Gasteiger partial charge is 0.496 e. The van der Waals surface area contributed by atoms with E-state index >= 15 is 0 Å². The van der Waals surface area contributed by atoms with Gasteiger partial charge in [-0.25, -0.2) is 13.1 Å². The summed E-state index contributed by atoms with van der Waals surface area (Å²) in [7, 11) is -2.03. The van der Waals surface area contributed by atoms with Crippen LogP contribution in [0.3, 0.4) is 0 Å². The molecule has 2 saturated carbocycles. The van der Waals surface area contributed by atoms with Crippen LogP contribution in [-0.4, -0.2) is 72.1 Å². The zero-order valence-corrected chi connectivity index (χ0v) is 31.2. The number of aromatic nitrogens is 1. The van der Waals surface area contributed by atoms with Gasteiger partial charge in [-0.2, -0.15) is 0 Å². The van der Waals surface area contributed by atoms with Crippen LogP contribution < -0.4 is 9.46 Å². The topological polar surface area (TPSA) is 101 Å². The van der Waals surface area contributed by atoms with Crippen LogP contribution in [-0.2, 0) is 32.7 Å². The van der Waals surface area contributed by atoms with Crippen molar-refractivity contribution < 1.29 is 22.7 Å². The number of allylic oxidation sites excluding steroid dienone is 4. The third-order valence-electron chi connectivity index (χ3n) is 13.5. The molecule has 5 fully saturated rings. The first-order valence-corrected chi connectivity index (χ1v) is 21.3. The minimum absolute atomic E-state index is 0.189. The molecule has 276 valence electrons. The smallest absolute Gasteiger partial charge is 0.265 e. The van der Waals surface area contributed by atoms with E-state index in [2.05, 4.69) is 73.7 Å². The number of carbonyl (C=O) groups excluding carboxylic acids is 2. The summed E-state index contributed by atoms with van der Waals surface area (Å²) >= 11 is 0. The lowest BCUT2D eigenvalue weighted by Gasteiger charge is -2.57. The number of carbonyl (C=O) groups is 2. The maximum Gasteiger partial charge on any atom is 0.265 e. The molecule has 0 spiro atoms. The van der Waals surface area contributed by atoms with Gasteiger partial charge in [0.15, 0.2) is 0 Å². The summed E-state index contributed by atoms with van der Waals surface area (Å²) in [4.78, 5) is 33.5. The summed E-state index contributed by atoms with van der Waals surface area (Å²) < 4.78 is 37.1. The van der Waals surface area contributed by atoms with Crippen molar-refractivity contribution in [2.24, 2.45) is 5.92 Å². The number of benzene rings is 2. The van der Waals surface area contributed by atoms with Crippen molar-refractivity contribution in [2.75, 3.05) is 20.2 Å². The van der Waals surface area contributed by atoms with Gasteiger partial charge in [-0.1, -0.05) is 74.2 Å². The molecule has 53 heavy (non-hydrogen) atoms. The molecule has 4 atom stereocenters. The highest BCUT2D eigenvalue weighted by molar-refractivity contribution is 7.90. The molecule has 9 nitrogen and oxygen atoms in total. The third-order valence-corrected chi connectivity index (χ3v) is 15.3. The maximum absolute atomic E-state index is 15.0. The Morgan fingerprint density at radius 2 is 1.72 bits per heavy atom. The number of hydrogen-bond donors (Lipinski definition) is 1. The minimum Gasteiger partial charge on any atom is -0.496 e. The minimum atomic E-state index is -3.75. The molecule has 2 amide bonds. The highest BCUT2D eigenvalue weighted by Gasteiger charge is 2.53. The molecule has 11 rings (SSSR count). The summed E-state index contributed by atoms with van der Waals surface area (Å²) in [5.74, 6) is 0.297. The Morgan fingerprint density at radius 1 is 0.943 bits per heavy atom. The van der Waals surface area contributed by atoms with Crippen LogP contribution in [0.4, 0.5) is 0 Å². The highest BCUT2D eigenvalue weighted by Crippen LogP contribution is 2.56. The fourth-order valence-electron chi connectivity index (χ4n) is 10.7. The molecular weight excluding hydrogens is 685 g/mol. The molecule has 3 unspecified atom stereocenters. The van der Waals surface area contributed by atoms with Crippen molar-refractivity contribution in [3.8, 4) is 5.75 Å². The van der Waals surface area contributed by atoms with Gasteiger partial charge in [-0.15, -0.1) is 0 Å². The Balaban J connectivity index is 1.05. The van der Waals surface area contributed by atoms with Gasteiger partial charge in [0, 0.05) is 55.3 Å². The van der Waals surface area contributed by atoms with Crippen molar-refractivity contribution >= 4 is 32.7 Å². The lowest BCUT2D eigenvalue weighted by atomic mass is 9.74. The molecule has 2 bridgehead atoms. The van der Waals surface area contributed by atoms with E-state index in [0.29, 0.717) is 37.3 Å². The van der Waals surface area contributed by atoms with Crippen molar-refractivity contribution in [1.29, 1.82) is 0 Å². The lowest BCUT2D eigenvalue weighted by molar-refractivity contribution is -0.159. The van der Waals surface area contributed by atoms with Gasteiger partial charge in [0.2, 0.25) is 15.9 Å². The number of amides is 2. The Morgan fingerprint density at radius 3 is 2.43 bits per heavy atom. The zero-order valence-electron chi connectivity index (χ0n) is 30.4. The van der Waals surface area contributed by atoms with Crippen LogP contribution in [0.5, 0.6) is 5.75 Å². The van der Waals surface area contributed by atoms with E-state index in [-0.39, 0.29) is 29.8 Å². The number of sulfonamides is 1. The Kier molecular flexibility index (Phi) is 8.02. The third kappa shape index (κ3) is 5.45. The summed E-state index contributed by atoms with van der Waals surface area (Å²) in [5.41, 5.74) is 8.00. The molecule has 1 aromatic heterocycles. The fourth-order valence-corrected chi connectivity index (χ4v) is 12.2. The standard InChI is InChI=1S/C43H48N4O5S/c1-52-37-19-18-31(27-12-6-3-7-13-27)41-34(37)21-36-38-32(39-35(25-46(36)41)40(39)42(48)44-53(50,51)30-14-8-15-30)16-9-17-33(38)43(49)47-28-20-29(47)24-45(23-28)22-26-10-4-2-5-11-26/h2,4-5,9-11,16,18-19,21,27-30,33,38H,3,6-8,12-15,17,20,22-25H2,1H3,(H,44,48)/t28?,29?,33-,38?/m1/s1. The van der Waals surface area contributed by atoms with E-state index in [9.17, 15) is 18.0 Å². The van der Waals surface area contributed by atoms with E-state index < -0.39 is 21.2 Å². The van der Waals surface area contributed by atoms with E-state index in [4.69, 9.17) is 4.74 Å². The molecule has 2 aromatic carbocycles. The first-order valence-electron chi connectivity index (χ1n) is 19.8. The molecule has 10 heteroatoms. The SMILES string of the molecule is COc1ccc(C2CCCCC2)c2c1cc1n2CC2=C(C(=O)NS(=O)(=O)C3CCC3)C2=C2C=CC[C@@H](C(=O)N3C4CC3CN(Cc3ccccc3)C4)C21. The summed E-state index contributed by atoms with van der Waals surface area (Å²) in [5, 5.41) is 0.541. The second kappa shape index (κ2) is 12.7. The Bertz CT molecular complexity index is 2210. The fraction of sp³-hybridized carbons (Fsp3) is 0.488. The normalized spacial score (nSPS) is 27.0. The van der Waals surface area contributed by atoms with Gasteiger partial charge in [-0.3, -0.25) is 14.5 Å². The molecule has 0 radical (unpaired) electrons. The van der Waals surface area contributed by atoms with Crippen LogP contribution in [0, 0.1) is 5.92 Å². The lowest BCUT2D eigenvalue weighted by Crippen LogP contribution is -2.70. The predicted octanol–water partition coefficient (Wildman–Crippen LogP) is 6.46. The van der Waals surface area contributed by atoms with Crippen LogP contribution in [0.1, 0.15) is 92.9 Å². The second-order valence-corrected chi connectivity index (χ2v) is 18.5. The number of nitrogens with one attached hydrogen (secondary N) is 1. The van der Waals surface area contributed by atoms with E-state index in [1.165, 1.54) is 30.4 Å². The molecule has 5 heterocycles. The average Bonchev–Trinajstić information content (AvgIpc) is 3.76. The number of piperidine rings is 1. The van der Waals surface area contributed by atoms with Crippen LogP contribution in [0.15, 0.2) is 83.0 Å². The predicted molar refractivity (Wildman–Crippen MR) is 204 cm³/mol. The van der Waals surface area contributed by atoms with Gasteiger partial charge in [0.25, 0.3) is 5.91 Å². The van der Waals surface area contributed by atoms with Crippen LogP contribution >= 0.6 is 0 Å². The first kappa shape index (κ1) is 33.4. The van der Waals surface area contributed by atoms with Gasteiger partial charge in [-0.05, 0) is 84.4 Å². The monoisotopic (exact) mass is 732 g/mol. The van der Waals surface area contributed by atoms with Gasteiger partial charge in [0.1, 0.15) is 5.75 Å². The number of ether oxygens (including phenoxy) is 1.